The minimum absolute atomic E-state index is 0. The van der Waals surface area contributed by atoms with Crippen LogP contribution in [0, 0.1) is 0 Å². The van der Waals surface area contributed by atoms with Gasteiger partial charge in [0.1, 0.15) is 0 Å². The number of hydrogen-bond donors (Lipinski definition) is 1. The SMILES string of the molecule is CCc1ccc(C2CNCCN2Cc2cc(=O)n(C)c(=O)n2C)cc1.Cl. The van der Waals surface area contributed by atoms with Gasteiger partial charge < -0.3 is 5.32 Å². The van der Waals surface area contributed by atoms with Crippen LogP contribution in [-0.2, 0) is 27.1 Å². The summed E-state index contributed by atoms with van der Waals surface area (Å²) in [5.74, 6) is 0. The highest BCUT2D eigenvalue weighted by molar-refractivity contribution is 5.85. The molecule has 0 saturated carbocycles. The molecule has 0 radical (unpaired) electrons. The van der Waals surface area contributed by atoms with E-state index in [1.54, 1.807) is 17.7 Å². The van der Waals surface area contributed by atoms with Gasteiger partial charge >= 0.3 is 5.69 Å². The Morgan fingerprint density at radius 3 is 2.46 bits per heavy atom. The van der Waals surface area contributed by atoms with Crippen LogP contribution in [0.2, 0.25) is 0 Å². The van der Waals surface area contributed by atoms with Gasteiger partial charge in [0, 0.05) is 58.1 Å². The number of aryl methyl sites for hydroxylation is 1. The van der Waals surface area contributed by atoms with Gasteiger partial charge in [-0.25, -0.2) is 4.79 Å². The van der Waals surface area contributed by atoms with Crippen LogP contribution in [0.4, 0.5) is 0 Å². The Kier molecular flexibility index (Phi) is 6.81. The molecule has 1 aliphatic rings. The zero-order valence-corrected chi connectivity index (χ0v) is 16.4. The molecule has 2 heterocycles. The molecule has 3 rings (SSSR count). The van der Waals surface area contributed by atoms with Crippen molar-refractivity contribution in [2.75, 3.05) is 19.6 Å². The van der Waals surface area contributed by atoms with Crippen LogP contribution in [0.1, 0.15) is 29.8 Å². The standard InChI is InChI=1S/C19H26N4O2.ClH/c1-4-14-5-7-15(8-6-14)17-12-20-9-10-23(17)13-16-11-18(24)22(3)19(25)21(16)2;/h5-8,11,17,20H,4,9-10,12-13H2,1-3H3;1H. The normalized spacial score (nSPS) is 17.7. The molecule has 1 aliphatic heterocycles. The average Bonchev–Trinajstić information content (AvgIpc) is 2.65. The topological polar surface area (TPSA) is 59.3 Å². The molecule has 0 spiro atoms. The number of halogens is 1. The molecule has 142 valence electrons. The summed E-state index contributed by atoms with van der Waals surface area (Å²) in [5, 5.41) is 3.45. The van der Waals surface area contributed by atoms with Gasteiger partial charge in [-0.3, -0.25) is 18.8 Å². The molecule has 0 bridgehead atoms. The smallest absolute Gasteiger partial charge is 0.314 e. The van der Waals surface area contributed by atoms with E-state index in [9.17, 15) is 9.59 Å². The highest BCUT2D eigenvalue weighted by atomic mass is 35.5. The number of hydrogen-bond acceptors (Lipinski definition) is 4. The number of benzene rings is 1. The summed E-state index contributed by atoms with van der Waals surface area (Å²) in [6, 6.07) is 10.5. The number of rotatable bonds is 4. The molecule has 0 aliphatic carbocycles. The summed E-state index contributed by atoms with van der Waals surface area (Å²) in [4.78, 5) is 26.5. The van der Waals surface area contributed by atoms with Crippen molar-refractivity contribution < 1.29 is 0 Å². The summed E-state index contributed by atoms with van der Waals surface area (Å²) >= 11 is 0. The van der Waals surface area contributed by atoms with Crippen molar-refractivity contribution in [2.24, 2.45) is 14.1 Å². The lowest BCUT2D eigenvalue weighted by molar-refractivity contribution is 0.149. The van der Waals surface area contributed by atoms with Crippen LogP contribution in [0.3, 0.4) is 0 Å². The van der Waals surface area contributed by atoms with E-state index >= 15 is 0 Å². The van der Waals surface area contributed by atoms with Crippen LogP contribution in [0.5, 0.6) is 0 Å². The first kappa shape index (κ1) is 20.4. The summed E-state index contributed by atoms with van der Waals surface area (Å²) in [5.41, 5.74) is 2.81. The molecule has 26 heavy (non-hydrogen) atoms. The van der Waals surface area contributed by atoms with Gasteiger partial charge in [0.2, 0.25) is 0 Å². The lowest BCUT2D eigenvalue weighted by Crippen LogP contribution is -2.47. The number of aromatic nitrogens is 2. The van der Waals surface area contributed by atoms with Crippen molar-refractivity contribution >= 4 is 12.4 Å². The van der Waals surface area contributed by atoms with E-state index in [2.05, 4.69) is 41.4 Å². The fraction of sp³-hybridized carbons (Fsp3) is 0.474. The minimum Gasteiger partial charge on any atom is -0.314 e. The van der Waals surface area contributed by atoms with Crippen LogP contribution in [0.25, 0.3) is 0 Å². The van der Waals surface area contributed by atoms with E-state index in [0.29, 0.717) is 6.54 Å². The van der Waals surface area contributed by atoms with Crippen molar-refractivity contribution in [1.82, 2.24) is 19.4 Å². The Hall–Kier alpha value is -1.89. The molecular weight excluding hydrogens is 352 g/mol. The van der Waals surface area contributed by atoms with Gasteiger partial charge in [-0.05, 0) is 17.5 Å². The first-order valence-corrected chi connectivity index (χ1v) is 8.80. The highest BCUT2D eigenvalue weighted by Gasteiger charge is 2.24. The third kappa shape index (κ3) is 4.09. The summed E-state index contributed by atoms with van der Waals surface area (Å²) in [7, 11) is 3.24. The highest BCUT2D eigenvalue weighted by Crippen LogP contribution is 2.24. The Bertz CT molecular complexity index is 857. The van der Waals surface area contributed by atoms with Gasteiger partial charge in [0.15, 0.2) is 0 Å². The molecular formula is C19H27ClN4O2. The van der Waals surface area contributed by atoms with Gasteiger partial charge in [-0.1, -0.05) is 31.2 Å². The second-order valence-corrected chi connectivity index (χ2v) is 6.66. The summed E-state index contributed by atoms with van der Waals surface area (Å²) < 4.78 is 2.71. The largest absolute Gasteiger partial charge is 0.330 e. The molecule has 7 heteroatoms. The van der Waals surface area contributed by atoms with E-state index in [4.69, 9.17) is 0 Å². The molecule has 1 saturated heterocycles. The van der Waals surface area contributed by atoms with Gasteiger partial charge in [0.25, 0.3) is 5.56 Å². The second kappa shape index (κ2) is 8.66. The fourth-order valence-corrected chi connectivity index (χ4v) is 3.38. The first-order chi connectivity index (χ1) is 12.0. The Morgan fingerprint density at radius 2 is 1.81 bits per heavy atom. The fourth-order valence-electron chi connectivity index (χ4n) is 3.38. The van der Waals surface area contributed by atoms with Gasteiger partial charge in [-0.15, -0.1) is 12.4 Å². The number of nitrogens with one attached hydrogen (secondary N) is 1. The lowest BCUT2D eigenvalue weighted by atomic mass is 10.0. The quantitative estimate of drug-likeness (QED) is 0.869. The molecule has 1 aromatic heterocycles. The van der Waals surface area contributed by atoms with Crippen molar-refractivity contribution in [3.63, 3.8) is 0 Å². The third-order valence-corrected chi connectivity index (χ3v) is 5.12. The molecule has 6 nitrogen and oxygen atoms in total. The third-order valence-electron chi connectivity index (χ3n) is 5.12. The van der Waals surface area contributed by atoms with Crippen LogP contribution >= 0.6 is 12.4 Å². The monoisotopic (exact) mass is 378 g/mol. The minimum atomic E-state index is -0.276. The summed E-state index contributed by atoms with van der Waals surface area (Å²) in [6.45, 7) is 5.39. The lowest BCUT2D eigenvalue weighted by Gasteiger charge is -2.36. The van der Waals surface area contributed by atoms with E-state index < -0.39 is 0 Å². The van der Waals surface area contributed by atoms with Crippen molar-refractivity contribution in [2.45, 2.75) is 25.9 Å². The van der Waals surface area contributed by atoms with E-state index in [0.717, 1.165) is 36.3 Å². The van der Waals surface area contributed by atoms with Crippen molar-refractivity contribution in [3.8, 4) is 0 Å². The van der Waals surface area contributed by atoms with Crippen molar-refractivity contribution in [1.29, 1.82) is 0 Å². The zero-order valence-electron chi connectivity index (χ0n) is 15.6. The average molecular weight is 379 g/mol. The zero-order chi connectivity index (χ0) is 18.0. The second-order valence-electron chi connectivity index (χ2n) is 6.66. The van der Waals surface area contributed by atoms with Crippen LogP contribution in [-0.4, -0.2) is 33.7 Å². The van der Waals surface area contributed by atoms with E-state index in [-0.39, 0.29) is 29.7 Å². The van der Waals surface area contributed by atoms with Crippen LogP contribution in [0.15, 0.2) is 39.9 Å². The van der Waals surface area contributed by atoms with E-state index in [1.165, 1.54) is 18.2 Å². The van der Waals surface area contributed by atoms with Crippen molar-refractivity contribution in [3.05, 3.63) is 68.0 Å². The number of nitrogens with zero attached hydrogens (tertiary/aromatic N) is 3. The molecule has 1 N–H and O–H groups in total. The maximum absolute atomic E-state index is 12.2. The molecule has 1 unspecified atom stereocenters. The molecule has 1 aromatic carbocycles. The molecule has 2 aromatic rings. The molecule has 1 fully saturated rings. The summed E-state index contributed by atoms with van der Waals surface area (Å²) in [6.07, 6.45) is 1.03. The Labute approximate surface area is 159 Å². The Balaban J connectivity index is 0.00000243. The molecule has 1 atom stereocenters. The van der Waals surface area contributed by atoms with Gasteiger partial charge in [-0.2, -0.15) is 0 Å². The predicted octanol–water partition coefficient (Wildman–Crippen LogP) is 1.21. The maximum Gasteiger partial charge on any atom is 0.330 e. The van der Waals surface area contributed by atoms with Crippen LogP contribution < -0.4 is 16.6 Å². The molecule has 0 amide bonds. The Morgan fingerprint density at radius 1 is 1.12 bits per heavy atom. The van der Waals surface area contributed by atoms with E-state index in [1.807, 2.05) is 0 Å². The first-order valence-electron chi connectivity index (χ1n) is 8.80. The van der Waals surface area contributed by atoms with Gasteiger partial charge in [0.05, 0.1) is 0 Å². The number of piperazine rings is 1. The predicted molar refractivity (Wildman–Crippen MR) is 106 cm³/mol. The maximum atomic E-state index is 12.2.